The average molecular weight is 219 g/mol. The number of carboxylic acid groups (broad SMARTS) is 1. The van der Waals surface area contributed by atoms with E-state index in [9.17, 15) is 9.90 Å². The van der Waals surface area contributed by atoms with Gasteiger partial charge in [0.25, 0.3) is 0 Å². The number of carboxylic acids is 1. The van der Waals surface area contributed by atoms with Crippen molar-refractivity contribution < 1.29 is 9.90 Å². The fourth-order valence-corrected chi connectivity index (χ4v) is 2.94. The van der Waals surface area contributed by atoms with Gasteiger partial charge >= 0.3 is 5.97 Å². The van der Waals surface area contributed by atoms with Crippen LogP contribution in [0.5, 0.6) is 0 Å². The van der Waals surface area contributed by atoms with Gasteiger partial charge in [0.1, 0.15) is 4.75 Å². The zero-order valence-electron chi connectivity index (χ0n) is 9.08. The maximum absolute atomic E-state index is 11.2. The maximum atomic E-state index is 11.2. The Morgan fingerprint density at radius 2 is 1.86 bits per heavy atom. The van der Waals surface area contributed by atoms with Gasteiger partial charge in [-0.25, -0.2) is 0 Å². The second-order valence-corrected chi connectivity index (χ2v) is 4.91. The largest absolute Gasteiger partial charge is 0.480 e. The molecule has 0 aromatic carbocycles. The van der Waals surface area contributed by atoms with Gasteiger partial charge < -0.3 is 10.8 Å². The lowest BCUT2D eigenvalue weighted by molar-refractivity contribution is -0.140. The third-order valence-electron chi connectivity index (χ3n) is 2.19. The van der Waals surface area contributed by atoms with Crippen molar-refractivity contribution in [2.24, 2.45) is 5.73 Å². The SMILES string of the molecule is CCCC(CCC)(SCCN)C(=O)O. The molecule has 0 heterocycles. The molecule has 0 unspecified atom stereocenters. The molecule has 3 nitrogen and oxygen atoms in total. The van der Waals surface area contributed by atoms with Crippen LogP contribution in [-0.2, 0) is 4.79 Å². The first-order valence-electron chi connectivity index (χ1n) is 5.20. The molecule has 0 bridgehead atoms. The highest BCUT2D eigenvalue weighted by Gasteiger charge is 2.36. The quantitative estimate of drug-likeness (QED) is 0.656. The summed E-state index contributed by atoms with van der Waals surface area (Å²) >= 11 is 1.50. The van der Waals surface area contributed by atoms with Crippen molar-refractivity contribution in [3.63, 3.8) is 0 Å². The molecule has 0 fully saturated rings. The number of nitrogens with two attached hydrogens (primary N) is 1. The van der Waals surface area contributed by atoms with Crippen LogP contribution in [0.2, 0.25) is 0 Å². The Kier molecular flexibility index (Phi) is 7.01. The molecule has 0 aromatic heterocycles. The van der Waals surface area contributed by atoms with E-state index in [4.69, 9.17) is 5.73 Å². The summed E-state index contributed by atoms with van der Waals surface area (Å²) in [6.07, 6.45) is 3.29. The van der Waals surface area contributed by atoms with Gasteiger partial charge in [0.2, 0.25) is 0 Å². The zero-order valence-corrected chi connectivity index (χ0v) is 9.90. The van der Waals surface area contributed by atoms with Gasteiger partial charge in [-0.2, -0.15) is 0 Å². The summed E-state index contributed by atoms with van der Waals surface area (Å²) in [7, 11) is 0. The molecule has 0 aromatic rings. The molecule has 4 heteroatoms. The highest BCUT2D eigenvalue weighted by atomic mass is 32.2. The summed E-state index contributed by atoms with van der Waals surface area (Å²) < 4.78 is -0.594. The van der Waals surface area contributed by atoms with Gasteiger partial charge in [0.05, 0.1) is 0 Å². The first-order valence-corrected chi connectivity index (χ1v) is 6.19. The first kappa shape index (κ1) is 13.8. The van der Waals surface area contributed by atoms with Gasteiger partial charge in [0.15, 0.2) is 0 Å². The molecule has 0 amide bonds. The second-order valence-electron chi connectivity index (χ2n) is 3.44. The third-order valence-corrected chi connectivity index (χ3v) is 3.77. The van der Waals surface area contributed by atoms with E-state index in [1.54, 1.807) is 0 Å². The van der Waals surface area contributed by atoms with Crippen molar-refractivity contribution in [1.29, 1.82) is 0 Å². The predicted octanol–water partition coefficient (Wildman–Crippen LogP) is 2.10. The Morgan fingerprint density at radius 3 is 2.14 bits per heavy atom. The zero-order chi connectivity index (χ0) is 11.0. The number of hydrogen-bond acceptors (Lipinski definition) is 3. The van der Waals surface area contributed by atoms with E-state index in [0.717, 1.165) is 31.4 Å². The van der Waals surface area contributed by atoms with E-state index >= 15 is 0 Å². The second kappa shape index (κ2) is 7.12. The van der Waals surface area contributed by atoms with Gasteiger partial charge in [-0.3, -0.25) is 4.79 Å². The van der Waals surface area contributed by atoms with Gasteiger partial charge in [-0.15, -0.1) is 11.8 Å². The van der Waals surface area contributed by atoms with Crippen LogP contribution in [0.15, 0.2) is 0 Å². The van der Waals surface area contributed by atoms with Crippen LogP contribution in [0.4, 0.5) is 0 Å². The normalized spacial score (nSPS) is 11.6. The lowest BCUT2D eigenvalue weighted by atomic mass is 9.97. The lowest BCUT2D eigenvalue weighted by Gasteiger charge is -2.28. The van der Waals surface area contributed by atoms with Gasteiger partial charge in [-0.05, 0) is 12.8 Å². The van der Waals surface area contributed by atoms with Crippen LogP contribution in [0, 0.1) is 0 Å². The summed E-state index contributed by atoms with van der Waals surface area (Å²) in [6, 6.07) is 0. The summed E-state index contributed by atoms with van der Waals surface area (Å²) in [5.41, 5.74) is 5.41. The number of aliphatic carboxylic acids is 1. The molecule has 84 valence electrons. The number of rotatable bonds is 8. The lowest BCUT2D eigenvalue weighted by Crippen LogP contribution is -2.36. The van der Waals surface area contributed by atoms with Gasteiger partial charge in [-0.1, -0.05) is 26.7 Å². The van der Waals surface area contributed by atoms with Crippen LogP contribution in [0.25, 0.3) is 0 Å². The minimum Gasteiger partial charge on any atom is -0.480 e. The predicted molar refractivity (Wildman–Crippen MR) is 61.7 cm³/mol. The summed E-state index contributed by atoms with van der Waals surface area (Å²) in [5, 5.41) is 9.25. The highest BCUT2D eigenvalue weighted by Crippen LogP contribution is 2.35. The number of hydrogen-bond donors (Lipinski definition) is 2. The van der Waals surface area contributed by atoms with Crippen LogP contribution >= 0.6 is 11.8 Å². The third kappa shape index (κ3) is 3.88. The molecular formula is C10H21NO2S. The monoisotopic (exact) mass is 219 g/mol. The van der Waals surface area contributed by atoms with E-state index in [1.807, 2.05) is 13.8 Å². The van der Waals surface area contributed by atoms with Crippen LogP contribution in [0.1, 0.15) is 39.5 Å². The van der Waals surface area contributed by atoms with Gasteiger partial charge in [0, 0.05) is 12.3 Å². The Bertz CT molecular complexity index is 168. The molecule has 0 spiro atoms. The fourth-order valence-electron chi connectivity index (χ4n) is 1.61. The minimum absolute atomic E-state index is 0.549. The average Bonchev–Trinajstić information content (AvgIpc) is 2.14. The molecule has 0 saturated heterocycles. The molecule has 0 atom stereocenters. The summed E-state index contributed by atoms with van der Waals surface area (Å²) in [4.78, 5) is 11.2. The summed E-state index contributed by atoms with van der Waals surface area (Å²) in [5.74, 6) is 0.0476. The van der Waals surface area contributed by atoms with Crippen molar-refractivity contribution in [1.82, 2.24) is 0 Å². The molecule has 14 heavy (non-hydrogen) atoms. The smallest absolute Gasteiger partial charge is 0.319 e. The van der Waals surface area contributed by atoms with E-state index in [1.165, 1.54) is 11.8 Å². The molecule has 3 N–H and O–H groups in total. The molecule has 0 rings (SSSR count). The van der Waals surface area contributed by atoms with Crippen LogP contribution in [-0.4, -0.2) is 28.1 Å². The van der Waals surface area contributed by atoms with Crippen LogP contribution in [0.3, 0.4) is 0 Å². The molecule has 0 aliphatic carbocycles. The summed E-state index contributed by atoms with van der Waals surface area (Å²) in [6.45, 7) is 4.60. The molecule has 0 radical (unpaired) electrons. The number of carbonyl (C=O) groups is 1. The van der Waals surface area contributed by atoms with Crippen molar-refractivity contribution in [3.05, 3.63) is 0 Å². The van der Waals surface area contributed by atoms with E-state index in [-0.39, 0.29) is 0 Å². The minimum atomic E-state index is -0.681. The van der Waals surface area contributed by atoms with E-state index in [0.29, 0.717) is 6.54 Å². The first-order chi connectivity index (χ1) is 6.63. The maximum Gasteiger partial charge on any atom is 0.319 e. The Hall–Kier alpha value is -0.220. The van der Waals surface area contributed by atoms with E-state index in [2.05, 4.69) is 0 Å². The highest BCUT2D eigenvalue weighted by molar-refractivity contribution is 8.01. The molecule has 0 aliphatic heterocycles. The van der Waals surface area contributed by atoms with Crippen molar-refractivity contribution >= 4 is 17.7 Å². The molecular weight excluding hydrogens is 198 g/mol. The van der Waals surface area contributed by atoms with Crippen LogP contribution < -0.4 is 5.73 Å². The Labute approximate surface area is 90.4 Å². The fraction of sp³-hybridized carbons (Fsp3) is 0.900. The van der Waals surface area contributed by atoms with Crippen molar-refractivity contribution in [2.75, 3.05) is 12.3 Å². The Balaban J connectivity index is 4.46. The molecule has 0 saturated carbocycles. The van der Waals surface area contributed by atoms with Crippen molar-refractivity contribution in [2.45, 2.75) is 44.3 Å². The van der Waals surface area contributed by atoms with Crippen molar-refractivity contribution in [3.8, 4) is 0 Å². The Morgan fingerprint density at radius 1 is 1.36 bits per heavy atom. The topological polar surface area (TPSA) is 63.3 Å². The molecule has 0 aliphatic rings. The standard InChI is InChI=1S/C10H21NO2S/c1-3-5-10(6-4-2,9(12)13)14-8-7-11/h3-8,11H2,1-2H3,(H,12,13). The van der Waals surface area contributed by atoms with E-state index < -0.39 is 10.7 Å². The number of thioether (sulfide) groups is 1.